The second-order valence-electron chi connectivity index (χ2n) is 3.22. The second kappa shape index (κ2) is 5.66. The number of hydrogen-bond donors (Lipinski definition) is 1. The minimum absolute atomic E-state index is 0.0648. The van der Waals surface area contributed by atoms with Crippen LogP contribution in [0.5, 0.6) is 5.75 Å². The SMILES string of the molecule is CSCCC(=O)N(C)c1cccc(O)c1. The van der Waals surface area contributed by atoms with E-state index in [0.717, 1.165) is 11.4 Å². The molecule has 0 aliphatic carbocycles. The van der Waals surface area contributed by atoms with E-state index in [4.69, 9.17) is 0 Å². The van der Waals surface area contributed by atoms with Crippen molar-refractivity contribution in [1.82, 2.24) is 0 Å². The summed E-state index contributed by atoms with van der Waals surface area (Å²) in [5.41, 5.74) is 0.723. The monoisotopic (exact) mass is 225 g/mol. The van der Waals surface area contributed by atoms with Gasteiger partial charge in [0.05, 0.1) is 0 Å². The molecule has 0 aromatic heterocycles. The average Bonchev–Trinajstić information content (AvgIpc) is 2.24. The number of benzene rings is 1. The molecule has 1 rings (SSSR count). The van der Waals surface area contributed by atoms with Gasteiger partial charge in [0, 0.05) is 31.0 Å². The summed E-state index contributed by atoms with van der Waals surface area (Å²) in [6, 6.07) is 6.69. The van der Waals surface area contributed by atoms with Crippen molar-refractivity contribution in [3.63, 3.8) is 0 Å². The van der Waals surface area contributed by atoms with Crippen LogP contribution in [0.25, 0.3) is 0 Å². The van der Waals surface area contributed by atoms with E-state index in [1.807, 2.05) is 6.26 Å². The van der Waals surface area contributed by atoms with E-state index in [9.17, 15) is 9.90 Å². The predicted molar refractivity (Wildman–Crippen MR) is 64.5 cm³/mol. The highest BCUT2D eigenvalue weighted by atomic mass is 32.2. The molecule has 0 aliphatic heterocycles. The number of carbonyl (C=O) groups is 1. The molecule has 0 saturated heterocycles. The molecule has 0 fully saturated rings. The smallest absolute Gasteiger partial charge is 0.227 e. The number of rotatable bonds is 4. The highest BCUT2D eigenvalue weighted by Gasteiger charge is 2.10. The Morgan fingerprint density at radius 3 is 2.87 bits per heavy atom. The van der Waals surface area contributed by atoms with Gasteiger partial charge in [0.2, 0.25) is 5.91 Å². The van der Waals surface area contributed by atoms with Crippen molar-refractivity contribution < 1.29 is 9.90 Å². The minimum atomic E-state index is 0.0648. The molecule has 1 aromatic carbocycles. The number of aromatic hydroxyl groups is 1. The third kappa shape index (κ3) is 3.47. The molecule has 4 heteroatoms. The summed E-state index contributed by atoms with van der Waals surface area (Å²) < 4.78 is 0. The third-order valence-electron chi connectivity index (χ3n) is 2.11. The van der Waals surface area contributed by atoms with Gasteiger partial charge in [-0.1, -0.05) is 6.07 Å². The predicted octanol–water partition coefficient (Wildman–Crippen LogP) is 2.11. The molecular weight excluding hydrogens is 210 g/mol. The van der Waals surface area contributed by atoms with E-state index in [0.29, 0.717) is 6.42 Å². The van der Waals surface area contributed by atoms with Gasteiger partial charge in [-0.15, -0.1) is 0 Å². The zero-order valence-electron chi connectivity index (χ0n) is 8.93. The first kappa shape index (κ1) is 11.9. The minimum Gasteiger partial charge on any atom is -0.508 e. The lowest BCUT2D eigenvalue weighted by Gasteiger charge is -2.17. The Balaban J connectivity index is 2.67. The number of carbonyl (C=O) groups excluding carboxylic acids is 1. The maximum Gasteiger partial charge on any atom is 0.227 e. The summed E-state index contributed by atoms with van der Waals surface area (Å²) in [4.78, 5) is 13.2. The zero-order chi connectivity index (χ0) is 11.3. The Morgan fingerprint density at radius 2 is 2.27 bits per heavy atom. The maximum atomic E-state index is 11.6. The molecule has 1 aromatic rings. The molecule has 1 N–H and O–H groups in total. The van der Waals surface area contributed by atoms with Crippen LogP contribution in [0.2, 0.25) is 0 Å². The first-order chi connectivity index (χ1) is 7.15. The lowest BCUT2D eigenvalue weighted by atomic mass is 10.2. The highest BCUT2D eigenvalue weighted by molar-refractivity contribution is 7.98. The lowest BCUT2D eigenvalue weighted by Crippen LogP contribution is -2.26. The molecule has 82 valence electrons. The maximum absolute atomic E-state index is 11.6. The summed E-state index contributed by atoms with van der Waals surface area (Å²) >= 11 is 1.65. The van der Waals surface area contributed by atoms with Crippen LogP contribution in [0.3, 0.4) is 0 Å². The van der Waals surface area contributed by atoms with Crippen LogP contribution >= 0.6 is 11.8 Å². The van der Waals surface area contributed by atoms with Crippen molar-refractivity contribution in [2.24, 2.45) is 0 Å². The summed E-state index contributed by atoms with van der Waals surface area (Å²) in [7, 11) is 1.72. The molecule has 0 saturated carbocycles. The average molecular weight is 225 g/mol. The first-order valence-corrected chi connectivity index (χ1v) is 6.09. The number of phenolic OH excluding ortho intramolecular Hbond substituents is 1. The number of amides is 1. The van der Waals surface area contributed by atoms with Crippen LogP contribution in [0.4, 0.5) is 5.69 Å². The Labute approximate surface area is 94.1 Å². The number of phenols is 1. The molecule has 15 heavy (non-hydrogen) atoms. The topological polar surface area (TPSA) is 40.5 Å². The molecule has 0 heterocycles. The van der Waals surface area contributed by atoms with Gasteiger partial charge in [0.1, 0.15) is 5.75 Å². The largest absolute Gasteiger partial charge is 0.508 e. The van der Waals surface area contributed by atoms with Crippen LogP contribution < -0.4 is 4.90 Å². The van der Waals surface area contributed by atoms with Crippen LogP contribution in [0.15, 0.2) is 24.3 Å². The Morgan fingerprint density at radius 1 is 1.53 bits per heavy atom. The van der Waals surface area contributed by atoms with Crippen molar-refractivity contribution in [1.29, 1.82) is 0 Å². The number of nitrogens with zero attached hydrogens (tertiary/aromatic N) is 1. The molecule has 3 nitrogen and oxygen atoms in total. The standard InChI is InChI=1S/C11H15NO2S/c1-12(11(14)6-7-15-2)9-4-3-5-10(13)8-9/h3-5,8,13H,6-7H2,1-2H3. The van der Waals surface area contributed by atoms with E-state index < -0.39 is 0 Å². The summed E-state index contributed by atoms with van der Waals surface area (Å²) in [6.45, 7) is 0. The Kier molecular flexibility index (Phi) is 4.49. The van der Waals surface area contributed by atoms with Crippen molar-refractivity contribution in [3.8, 4) is 5.75 Å². The fraction of sp³-hybridized carbons (Fsp3) is 0.364. The van der Waals surface area contributed by atoms with Gasteiger partial charge in [-0.25, -0.2) is 0 Å². The molecule has 0 aliphatic rings. The number of thioether (sulfide) groups is 1. The molecule has 0 spiro atoms. The Bertz CT molecular complexity index is 341. The van der Waals surface area contributed by atoms with Crippen molar-refractivity contribution in [3.05, 3.63) is 24.3 Å². The molecule has 0 radical (unpaired) electrons. The quantitative estimate of drug-likeness (QED) is 0.853. The molecule has 0 bridgehead atoms. The van der Waals surface area contributed by atoms with Gasteiger partial charge < -0.3 is 10.0 Å². The fourth-order valence-electron chi connectivity index (χ4n) is 1.20. The summed E-state index contributed by atoms with van der Waals surface area (Å²) in [5, 5.41) is 9.28. The molecular formula is C11H15NO2S. The molecule has 0 unspecified atom stereocenters. The lowest BCUT2D eigenvalue weighted by molar-refractivity contribution is -0.117. The summed E-state index contributed by atoms with van der Waals surface area (Å²) in [6.07, 6.45) is 2.49. The molecule has 1 amide bonds. The van der Waals surface area contributed by atoms with E-state index in [1.54, 1.807) is 48.0 Å². The highest BCUT2D eigenvalue weighted by Crippen LogP contribution is 2.19. The van der Waals surface area contributed by atoms with E-state index >= 15 is 0 Å². The van der Waals surface area contributed by atoms with Gasteiger partial charge in [-0.05, 0) is 18.4 Å². The third-order valence-corrected chi connectivity index (χ3v) is 2.72. The van der Waals surface area contributed by atoms with E-state index in [1.165, 1.54) is 0 Å². The van der Waals surface area contributed by atoms with E-state index in [2.05, 4.69) is 0 Å². The van der Waals surface area contributed by atoms with Gasteiger partial charge in [-0.2, -0.15) is 11.8 Å². The first-order valence-electron chi connectivity index (χ1n) is 4.69. The van der Waals surface area contributed by atoms with Crippen molar-refractivity contribution >= 4 is 23.4 Å². The van der Waals surface area contributed by atoms with Gasteiger partial charge in [0.25, 0.3) is 0 Å². The van der Waals surface area contributed by atoms with Crippen molar-refractivity contribution in [2.45, 2.75) is 6.42 Å². The van der Waals surface area contributed by atoms with Crippen LogP contribution in [-0.4, -0.2) is 30.1 Å². The number of anilines is 1. The van der Waals surface area contributed by atoms with Gasteiger partial charge in [0.15, 0.2) is 0 Å². The van der Waals surface area contributed by atoms with Crippen LogP contribution in [0, 0.1) is 0 Å². The van der Waals surface area contributed by atoms with Crippen LogP contribution in [0.1, 0.15) is 6.42 Å². The summed E-state index contributed by atoms with van der Waals surface area (Å²) in [5.74, 6) is 1.06. The van der Waals surface area contributed by atoms with E-state index in [-0.39, 0.29) is 11.7 Å². The second-order valence-corrected chi connectivity index (χ2v) is 4.20. The number of hydrogen-bond acceptors (Lipinski definition) is 3. The molecule has 0 atom stereocenters. The fourth-order valence-corrected chi connectivity index (χ4v) is 1.58. The Hall–Kier alpha value is -1.16. The van der Waals surface area contributed by atoms with Gasteiger partial charge in [-0.3, -0.25) is 4.79 Å². The normalized spacial score (nSPS) is 10.0. The van der Waals surface area contributed by atoms with Crippen LogP contribution in [-0.2, 0) is 4.79 Å². The van der Waals surface area contributed by atoms with Crippen molar-refractivity contribution in [2.75, 3.05) is 24.0 Å². The van der Waals surface area contributed by atoms with Gasteiger partial charge >= 0.3 is 0 Å². The zero-order valence-corrected chi connectivity index (χ0v) is 9.75.